The van der Waals surface area contributed by atoms with Gasteiger partial charge in [0.2, 0.25) is 0 Å². The predicted molar refractivity (Wildman–Crippen MR) is 280 cm³/mol. The lowest BCUT2D eigenvalue weighted by molar-refractivity contribution is 1.18. The Bertz CT molecular complexity index is 3890. The lowest BCUT2D eigenvalue weighted by Crippen LogP contribution is -2.11. The topological polar surface area (TPSA) is 8.17 Å². The summed E-state index contributed by atoms with van der Waals surface area (Å²) >= 11 is 1.89. The minimum atomic E-state index is 1.09. The molecule has 13 aromatic rings. The van der Waals surface area contributed by atoms with Gasteiger partial charge in [0.05, 0.1) is 22.4 Å². The smallest absolute Gasteiger partial charge is 0.0541 e. The van der Waals surface area contributed by atoms with Gasteiger partial charge < -0.3 is 9.47 Å². The minimum absolute atomic E-state index is 1.09. The average Bonchev–Trinajstić information content (AvgIpc) is 3.93. The first-order chi connectivity index (χ1) is 32.2. The maximum Gasteiger partial charge on any atom is 0.0541 e. The molecule has 0 fully saturated rings. The van der Waals surface area contributed by atoms with Crippen molar-refractivity contribution < 1.29 is 0 Å². The largest absolute Gasteiger partial charge is 0.310 e. The molecule has 0 radical (unpaired) electrons. The Hall–Kier alpha value is -8.24. The molecule has 0 saturated carbocycles. The van der Waals surface area contributed by atoms with Crippen molar-refractivity contribution in [1.29, 1.82) is 0 Å². The third kappa shape index (κ3) is 6.16. The highest BCUT2D eigenvalue weighted by Gasteiger charge is 2.20. The summed E-state index contributed by atoms with van der Waals surface area (Å²) in [6.07, 6.45) is 0. The van der Waals surface area contributed by atoms with Crippen LogP contribution in [0.5, 0.6) is 0 Å². The van der Waals surface area contributed by atoms with Crippen LogP contribution >= 0.6 is 11.3 Å². The third-order valence-corrected chi connectivity index (χ3v) is 14.4. The summed E-state index contributed by atoms with van der Waals surface area (Å²) in [5, 5.41) is 10.2. The molecule has 0 bridgehead atoms. The van der Waals surface area contributed by atoms with E-state index in [2.05, 4.69) is 252 Å². The van der Waals surface area contributed by atoms with Crippen LogP contribution in [0.2, 0.25) is 0 Å². The average molecular weight is 845 g/mol. The zero-order valence-corrected chi connectivity index (χ0v) is 36.2. The minimum Gasteiger partial charge on any atom is -0.310 e. The van der Waals surface area contributed by atoms with E-state index in [0.717, 1.165) is 28.3 Å². The molecule has 2 heterocycles. The van der Waals surface area contributed by atoms with E-state index in [-0.39, 0.29) is 0 Å². The molecule has 0 aliphatic carbocycles. The fraction of sp³-hybridized carbons (Fsp3) is 0. The van der Waals surface area contributed by atoms with Crippen LogP contribution in [0.3, 0.4) is 0 Å². The van der Waals surface area contributed by atoms with Crippen molar-refractivity contribution >= 4 is 91.9 Å². The quantitative estimate of drug-likeness (QED) is 0.155. The standard InChI is InChI=1S/C62H40N2S/c1-3-17-48-42(14-1)16-13-23-51(48)52-20-6-10-25-58(52)63(46-34-28-41(29-35-46)45-33-38-55-56-39-32-43-15-2-4-19-50(43)62(56)65-61(55)40-45)47-36-30-44(31-37-47)49-18-5-9-24-57(49)64-59-26-11-7-21-53(59)54-22-8-12-27-60(54)64/h1-40H. The molecule has 304 valence electrons. The van der Waals surface area contributed by atoms with Gasteiger partial charge in [-0.15, -0.1) is 11.3 Å². The predicted octanol–water partition coefficient (Wildman–Crippen LogP) is 17.9. The highest BCUT2D eigenvalue weighted by Crippen LogP contribution is 2.45. The molecule has 0 aliphatic rings. The summed E-state index contributed by atoms with van der Waals surface area (Å²) in [6.45, 7) is 0. The molecular formula is C62H40N2S. The van der Waals surface area contributed by atoms with Crippen molar-refractivity contribution in [3.05, 3.63) is 243 Å². The SMILES string of the molecule is c1ccc(N(c2ccc(-c3ccc4c(c3)sc3c5ccccc5ccc43)cc2)c2ccc(-c3ccccc3-n3c4ccccc4c4ccccc43)cc2)c(-c2cccc3ccccc23)c1. The van der Waals surface area contributed by atoms with Crippen LogP contribution in [0.1, 0.15) is 0 Å². The number of para-hydroxylation sites is 4. The second-order valence-electron chi connectivity index (χ2n) is 16.8. The van der Waals surface area contributed by atoms with Crippen molar-refractivity contribution in [1.82, 2.24) is 4.57 Å². The highest BCUT2D eigenvalue weighted by molar-refractivity contribution is 7.26. The van der Waals surface area contributed by atoms with Gasteiger partial charge in [-0.2, -0.15) is 0 Å². The molecule has 0 N–H and O–H groups in total. The van der Waals surface area contributed by atoms with Crippen LogP contribution in [0.4, 0.5) is 17.1 Å². The fourth-order valence-corrected chi connectivity index (χ4v) is 11.4. The van der Waals surface area contributed by atoms with Gasteiger partial charge in [-0.1, -0.05) is 188 Å². The molecule has 0 amide bonds. The zero-order valence-electron chi connectivity index (χ0n) is 35.4. The first kappa shape index (κ1) is 37.3. The molecule has 2 aromatic heterocycles. The van der Waals surface area contributed by atoms with Gasteiger partial charge in [-0.05, 0) is 98.4 Å². The van der Waals surface area contributed by atoms with Crippen molar-refractivity contribution in [3.8, 4) is 39.1 Å². The number of benzene rings is 11. The summed E-state index contributed by atoms with van der Waals surface area (Å²) in [5.41, 5.74) is 14.0. The molecule has 13 rings (SSSR count). The maximum absolute atomic E-state index is 2.42. The first-order valence-electron chi connectivity index (χ1n) is 22.2. The number of hydrogen-bond acceptors (Lipinski definition) is 2. The maximum atomic E-state index is 2.42. The van der Waals surface area contributed by atoms with Gasteiger partial charge in [-0.25, -0.2) is 0 Å². The van der Waals surface area contributed by atoms with E-state index in [4.69, 9.17) is 0 Å². The molecule has 0 atom stereocenters. The number of aromatic nitrogens is 1. The van der Waals surface area contributed by atoms with Crippen LogP contribution in [0.25, 0.3) is 103 Å². The molecule has 0 saturated heterocycles. The van der Waals surface area contributed by atoms with Gasteiger partial charge in [0.15, 0.2) is 0 Å². The van der Waals surface area contributed by atoms with Gasteiger partial charge in [0.1, 0.15) is 0 Å². The van der Waals surface area contributed by atoms with Crippen LogP contribution < -0.4 is 4.90 Å². The normalized spacial score (nSPS) is 11.7. The van der Waals surface area contributed by atoms with E-state index in [0.29, 0.717) is 0 Å². The van der Waals surface area contributed by atoms with E-state index in [1.807, 2.05) is 11.3 Å². The molecule has 0 aliphatic heterocycles. The summed E-state index contributed by atoms with van der Waals surface area (Å²) in [4.78, 5) is 2.42. The van der Waals surface area contributed by atoms with E-state index >= 15 is 0 Å². The van der Waals surface area contributed by atoms with Gasteiger partial charge in [0, 0.05) is 53.4 Å². The summed E-state index contributed by atoms with van der Waals surface area (Å²) in [7, 11) is 0. The second-order valence-corrected chi connectivity index (χ2v) is 17.9. The fourth-order valence-electron chi connectivity index (χ4n) is 10.2. The second kappa shape index (κ2) is 15.2. The van der Waals surface area contributed by atoms with Crippen molar-refractivity contribution in [3.63, 3.8) is 0 Å². The number of anilines is 3. The van der Waals surface area contributed by atoms with Crippen LogP contribution in [-0.4, -0.2) is 4.57 Å². The van der Waals surface area contributed by atoms with Crippen LogP contribution in [0.15, 0.2) is 243 Å². The number of hydrogen-bond donors (Lipinski definition) is 0. The first-order valence-corrected chi connectivity index (χ1v) is 23.1. The Kier molecular flexibility index (Phi) is 8.75. The number of thiophene rings is 1. The Morgan fingerprint density at radius 1 is 0.323 bits per heavy atom. The number of fused-ring (bicyclic) bond motifs is 9. The molecule has 2 nitrogen and oxygen atoms in total. The number of nitrogens with zero attached hydrogens (tertiary/aromatic N) is 2. The van der Waals surface area contributed by atoms with E-state index in [9.17, 15) is 0 Å². The molecular weight excluding hydrogens is 805 g/mol. The Morgan fingerprint density at radius 3 is 1.58 bits per heavy atom. The Labute approximate surface area is 381 Å². The van der Waals surface area contributed by atoms with E-state index < -0.39 is 0 Å². The third-order valence-electron chi connectivity index (χ3n) is 13.2. The van der Waals surface area contributed by atoms with Gasteiger partial charge in [0.25, 0.3) is 0 Å². The lowest BCUT2D eigenvalue weighted by Gasteiger charge is -2.28. The van der Waals surface area contributed by atoms with Crippen molar-refractivity contribution in [2.45, 2.75) is 0 Å². The van der Waals surface area contributed by atoms with Crippen molar-refractivity contribution in [2.75, 3.05) is 4.90 Å². The summed E-state index contributed by atoms with van der Waals surface area (Å²) < 4.78 is 5.08. The molecule has 0 unspecified atom stereocenters. The Balaban J connectivity index is 0.935. The molecule has 3 heteroatoms. The van der Waals surface area contributed by atoms with Crippen LogP contribution in [-0.2, 0) is 0 Å². The lowest BCUT2D eigenvalue weighted by atomic mass is 9.95. The monoisotopic (exact) mass is 844 g/mol. The van der Waals surface area contributed by atoms with Gasteiger partial charge >= 0.3 is 0 Å². The van der Waals surface area contributed by atoms with E-state index in [1.54, 1.807) is 0 Å². The van der Waals surface area contributed by atoms with E-state index in [1.165, 1.54) is 91.3 Å². The summed E-state index contributed by atoms with van der Waals surface area (Å²) in [5.74, 6) is 0. The molecule has 11 aromatic carbocycles. The van der Waals surface area contributed by atoms with Crippen molar-refractivity contribution in [2.24, 2.45) is 0 Å². The highest BCUT2D eigenvalue weighted by atomic mass is 32.1. The zero-order chi connectivity index (χ0) is 42.8. The number of rotatable bonds is 7. The Morgan fingerprint density at radius 2 is 0.846 bits per heavy atom. The molecule has 0 spiro atoms. The molecule has 65 heavy (non-hydrogen) atoms. The van der Waals surface area contributed by atoms with Crippen LogP contribution in [0, 0.1) is 0 Å². The van der Waals surface area contributed by atoms with Gasteiger partial charge in [-0.3, -0.25) is 0 Å². The summed E-state index contributed by atoms with van der Waals surface area (Å²) in [6, 6.07) is 88.9.